The van der Waals surface area contributed by atoms with Crippen LogP contribution < -0.4 is 16.0 Å². The number of carbonyl (C=O) groups is 5. The van der Waals surface area contributed by atoms with Crippen LogP contribution in [0.5, 0.6) is 5.88 Å². The molecule has 22 nitrogen and oxygen atoms in total. The predicted octanol–water partition coefficient (Wildman–Crippen LogP) is 8.82. The molecule has 0 aromatic carbocycles. The summed E-state index contributed by atoms with van der Waals surface area (Å²) in [4.78, 5) is 101. The largest absolute Gasteiger partial charge is 0.481 e. The van der Waals surface area contributed by atoms with E-state index in [9.17, 15) is 44.1 Å². The number of cyclic esters (lactones) is 1. The second-order valence-corrected chi connectivity index (χ2v) is 27.3. The van der Waals surface area contributed by atoms with Crippen molar-refractivity contribution in [3.63, 3.8) is 0 Å². The summed E-state index contributed by atoms with van der Waals surface area (Å²) in [7, 11) is 4.47. The Morgan fingerprint density at radius 1 is 0.819 bits per heavy atom. The van der Waals surface area contributed by atoms with Gasteiger partial charge in [-0.05, 0) is 152 Å². The van der Waals surface area contributed by atoms with Gasteiger partial charge in [0, 0.05) is 86.2 Å². The Bertz CT molecular complexity index is 3300. The molecule has 6 heterocycles. The number of ketones is 3. The number of nitrogens with two attached hydrogens (primary N) is 1. The summed E-state index contributed by atoms with van der Waals surface area (Å²) in [6.45, 7) is 14.9. The fraction of sp³-hybridized carbons (Fsp3) is 0.653. The smallest absolute Gasteiger partial charge is 0.329 e. The standard InChI is InChI=1S/C72H102N6O16/c1-41-17-13-12-14-18-42(2)59(92-32-31-91-52-26-23-51(24-27-52)78-67-54(48(8)75-71(73)76-67)38-55(68(78)84)50-22-29-62(89-10)74-40-50)37-53-25-20-47(7)72(87,94-53)66(83)69(85)77-30-16-15-19-56(77)70(86)93-60(44(4)35-49-21-28-57(79)61(36-49)88-9)39-58(80)43(3)34-46(6)64(82)65(90-11)63(81)45(5)33-41/h12-14,17-18,22,29,34,38,40-41,43-45,47,49,51-53,56-57,59-61,64-65,79,82,87H,15-16,19-21,23-28,30-33,35-37,39H2,1-11H3,(H2,73,75,76)/b14-12?,17-13+,42-18?,46-34+/t41-,43-,44?,45-,47-,49-,51?,52?,53+,56?,57-,59-,60+,61-,64-,65+,72-/m1/s1. The Morgan fingerprint density at radius 3 is 2.27 bits per heavy atom. The molecule has 3 aromatic heterocycles. The van der Waals surface area contributed by atoms with Crippen molar-refractivity contribution < 1.29 is 72.5 Å². The molecule has 2 unspecified atom stereocenters. The highest BCUT2D eigenvalue weighted by molar-refractivity contribution is 6.39. The molecular formula is C72H102N6O16. The Morgan fingerprint density at radius 2 is 1.56 bits per heavy atom. The normalized spacial score (nSPS) is 33.2. The van der Waals surface area contributed by atoms with Gasteiger partial charge in [-0.25, -0.2) is 14.8 Å². The van der Waals surface area contributed by atoms with Gasteiger partial charge in [0.2, 0.25) is 17.6 Å². The van der Waals surface area contributed by atoms with Crippen molar-refractivity contribution in [3.05, 3.63) is 88.0 Å². The summed E-state index contributed by atoms with van der Waals surface area (Å²) >= 11 is 0. The molecule has 3 aliphatic heterocycles. The number of carbonyl (C=O) groups excluding carboxylic acids is 5. The average Bonchev–Trinajstić information content (AvgIpc) is 0.760. The molecule has 5 aliphatic rings. The van der Waals surface area contributed by atoms with Crippen LogP contribution in [0.1, 0.15) is 163 Å². The summed E-state index contributed by atoms with van der Waals surface area (Å²) in [6.07, 6.45) is 14.1. The molecule has 0 radical (unpaired) electrons. The SMILES string of the molecule is COc1ccc(-c2cc3c(C)nc(N)nc3n(C3CCC(OCCO[C@@H]4C[C@@H]5CC[C@@H](C)[C@@](O)(O5)C(=O)C(=O)N5CCCCC5C(=O)O[C@H](C(C)C[C@H]5CC[C@@H](O)[C@H](OC)C5)CC(=O)[C@H](C)/C=C(\C)[C@@H](O)[C@@H](OC)C(=O)[C@H](C)C[C@H](C)/C=C/C=CC=C4C)CC3)c2=O)cn1. The van der Waals surface area contributed by atoms with Crippen molar-refractivity contribution in [2.24, 2.45) is 35.5 Å². The van der Waals surface area contributed by atoms with Crippen molar-refractivity contribution in [1.82, 2.24) is 24.4 Å². The Labute approximate surface area is 553 Å². The quantitative estimate of drug-likeness (QED) is 0.0537. The molecule has 0 spiro atoms. The first-order valence-corrected chi connectivity index (χ1v) is 33.9. The molecule has 2 aliphatic carbocycles. The fourth-order valence-electron chi connectivity index (χ4n) is 14.5. The molecule has 15 atom stereocenters. The van der Waals surface area contributed by atoms with Gasteiger partial charge in [-0.15, -0.1) is 0 Å². The van der Waals surface area contributed by atoms with Crippen LogP contribution in [0.2, 0.25) is 0 Å². The number of aliphatic hydroxyl groups excluding tert-OH is 2. The Balaban J connectivity index is 1.01. The number of Topliss-reactive ketones (excluding diaryl/α,β-unsaturated/α-hetero) is 3. The van der Waals surface area contributed by atoms with Crippen LogP contribution in [0.15, 0.2) is 76.8 Å². The van der Waals surface area contributed by atoms with E-state index >= 15 is 0 Å². The van der Waals surface area contributed by atoms with Gasteiger partial charge >= 0.3 is 5.97 Å². The number of hydrogen-bond donors (Lipinski definition) is 4. The number of piperidine rings is 1. The highest BCUT2D eigenvalue weighted by Gasteiger charge is 2.53. The van der Waals surface area contributed by atoms with Gasteiger partial charge in [-0.3, -0.25) is 28.5 Å². The summed E-state index contributed by atoms with van der Waals surface area (Å²) in [5.74, 6) is -8.07. The lowest BCUT2D eigenvalue weighted by Gasteiger charge is -2.43. The number of fused-ring (bicyclic) bond motifs is 4. The number of aromatic nitrogens is 4. The molecule has 22 heteroatoms. The van der Waals surface area contributed by atoms with Crippen LogP contribution in [0.3, 0.4) is 0 Å². The number of esters is 1. The highest BCUT2D eigenvalue weighted by Crippen LogP contribution is 2.39. The maximum Gasteiger partial charge on any atom is 0.329 e. The third kappa shape index (κ3) is 18.0. The number of aryl methyl sites for hydroxylation is 1. The highest BCUT2D eigenvalue weighted by atomic mass is 16.6. The molecule has 4 fully saturated rings. The zero-order valence-electron chi connectivity index (χ0n) is 56.9. The summed E-state index contributed by atoms with van der Waals surface area (Å²) in [5.41, 5.74) is 9.34. The number of anilines is 1. The zero-order chi connectivity index (χ0) is 68.1. The number of amides is 1. The van der Waals surface area contributed by atoms with Crippen LogP contribution in [0, 0.1) is 42.4 Å². The van der Waals surface area contributed by atoms with Crippen LogP contribution in [-0.2, 0) is 52.4 Å². The minimum absolute atomic E-state index is 0.0393. The molecule has 3 aromatic rings. The van der Waals surface area contributed by atoms with Crippen LogP contribution in [-0.4, -0.2) is 171 Å². The van der Waals surface area contributed by atoms with Gasteiger partial charge in [0.15, 0.2) is 5.78 Å². The van der Waals surface area contributed by atoms with Crippen molar-refractivity contribution in [2.75, 3.05) is 46.8 Å². The second-order valence-electron chi connectivity index (χ2n) is 27.3. The summed E-state index contributed by atoms with van der Waals surface area (Å²) < 4.78 is 44.2. The van der Waals surface area contributed by atoms with Crippen LogP contribution >= 0.6 is 0 Å². The van der Waals surface area contributed by atoms with E-state index in [1.165, 1.54) is 19.1 Å². The minimum atomic E-state index is -2.54. The predicted molar refractivity (Wildman–Crippen MR) is 354 cm³/mol. The number of nitrogens with zero attached hydrogens (tertiary/aromatic N) is 5. The fourth-order valence-corrected chi connectivity index (χ4v) is 14.5. The van der Waals surface area contributed by atoms with Crippen molar-refractivity contribution in [3.8, 4) is 17.0 Å². The second kappa shape index (κ2) is 33.5. The number of pyridine rings is 2. The first-order valence-electron chi connectivity index (χ1n) is 33.9. The molecule has 2 saturated carbocycles. The third-order valence-electron chi connectivity index (χ3n) is 20.3. The van der Waals surface area contributed by atoms with E-state index in [0.717, 1.165) is 5.57 Å². The minimum Gasteiger partial charge on any atom is -0.481 e. The molecule has 94 heavy (non-hydrogen) atoms. The third-order valence-corrected chi connectivity index (χ3v) is 20.3. The molecule has 5 N–H and O–H groups in total. The zero-order valence-corrected chi connectivity index (χ0v) is 56.9. The van der Waals surface area contributed by atoms with E-state index in [0.29, 0.717) is 123 Å². The molecule has 8 rings (SSSR count). The molecule has 516 valence electrons. The van der Waals surface area contributed by atoms with Gasteiger partial charge in [-0.2, -0.15) is 4.98 Å². The van der Waals surface area contributed by atoms with E-state index in [2.05, 4.69) is 15.0 Å². The van der Waals surface area contributed by atoms with Gasteiger partial charge in [0.25, 0.3) is 17.2 Å². The number of nitrogen functional groups attached to an aromatic ring is 1. The Hall–Kier alpha value is -6.37. The molecular weight excluding hydrogens is 1200 g/mol. The molecule has 2 bridgehead atoms. The van der Waals surface area contributed by atoms with Crippen molar-refractivity contribution in [1.29, 1.82) is 0 Å². The van der Waals surface area contributed by atoms with Crippen molar-refractivity contribution in [2.45, 2.75) is 225 Å². The van der Waals surface area contributed by atoms with E-state index in [-0.39, 0.29) is 98.1 Å². The number of aliphatic hydroxyl groups is 3. The van der Waals surface area contributed by atoms with E-state index in [1.807, 2.05) is 65.0 Å². The van der Waals surface area contributed by atoms with Gasteiger partial charge in [0.1, 0.15) is 35.8 Å². The first-order chi connectivity index (χ1) is 44.8. The molecule has 2 saturated heterocycles. The first kappa shape index (κ1) is 73.4. The monoisotopic (exact) mass is 1310 g/mol. The number of rotatable bonds is 13. The molecule has 1 amide bonds. The lowest BCUT2D eigenvalue weighted by molar-refractivity contribution is -0.266. The number of methoxy groups -OCH3 is 3. The lowest BCUT2D eigenvalue weighted by Crippen LogP contribution is -2.61. The van der Waals surface area contributed by atoms with Gasteiger partial charge in [-0.1, -0.05) is 71.1 Å². The van der Waals surface area contributed by atoms with E-state index in [1.54, 1.807) is 62.9 Å². The Kier molecular flexibility index (Phi) is 26.2. The van der Waals surface area contributed by atoms with E-state index in [4.69, 9.17) is 38.9 Å². The average molecular weight is 1310 g/mol. The maximum atomic E-state index is 14.7. The van der Waals surface area contributed by atoms with Crippen LogP contribution in [0.4, 0.5) is 5.95 Å². The van der Waals surface area contributed by atoms with Gasteiger partial charge < -0.3 is 59.1 Å². The topological polar surface area (TPSA) is 301 Å². The van der Waals surface area contributed by atoms with Crippen LogP contribution in [0.25, 0.3) is 22.2 Å². The number of hydrogen-bond acceptors (Lipinski definition) is 20. The summed E-state index contributed by atoms with van der Waals surface area (Å²) in [5, 5.41) is 35.4. The number of allylic oxidation sites excluding steroid dienone is 6. The van der Waals surface area contributed by atoms with E-state index < -0.39 is 83.9 Å². The lowest BCUT2D eigenvalue weighted by atomic mass is 9.78. The van der Waals surface area contributed by atoms with Gasteiger partial charge in [0.05, 0.1) is 56.5 Å². The number of ether oxygens (including phenoxy) is 7. The maximum absolute atomic E-state index is 14.7. The summed E-state index contributed by atoms with van der Waals surface area (Å²) in [6, 6.07) is 3.91. The van der Waals surface area contributed by atoms with Crippen molar-refractivity contribution >= 4 is 46.2 Å².